The molecule has 0 saturated carbocycles. The number of nitrogens with zero attached hydrogens (tertiary/aromatic N) is 3. The van der Waals surface area contributed by atoms with E-state index in [0.29, 0.717) is 5.69 Å². The number of nitrogens with two attached hydrogens (primary N) is 1. The zero-order valence-corrected chi connectivity index (χ0v) is 19.2. The maximum atomic E-state index is 13.2. The second kappa shape index (κ2) is 8.51. The molecule has 0 fully saturated rings. The molecule has 1 aliphatic heterocycles. The van der Waals surface area contributed by atoms with E-state index in [1.807, 2.05) is 30.5 Å². The van der Waals surface area contributed by atoms with Crippen molar-refractivity contribution in [1.29, 1.82) is 0 Å². The number of anilines is 1. The molecule has 174 valence electrons. The fourth-order valence-electron chi connectivity index (χ4n) is 4.02. The van der Waals surface area contributed by atoms with Crippen molar-refractivity contribution in [2.24, 2.45) is 10.8 Å². The Kier molecular flexibility index (Phi) is 5.70. The number of aromatic nitrogens is 1. The van der Waals surface area contributed by atoms with Gasteiger partial charge in [0.25, 0.3) is 5.91 Å². The van der Waals surface area contributed by atoms with Crippen LogP contribution in [0.2, 0.25) is 0 Å². The lowest BCUT2D eigenvalue weighted by atomic mass is 10.0. The molecule has 34 heavy (non-hydrogen) atoms. The topological polar surface area (TPSA) is 127 Å². The summed E-state index contributed by atoms with van der Waals surface area (Å²) in [6, 6.07) is 9.13. The predicted octanol–water partition coefficient (Wildman–Crippen LogP) is 3.39. The maximum Gasteiger partial charge on any atom is 0.335 e. The molecule has 9 heteroatoms. The normalized spacial score (nSPS) is 15.6. The summed E-state index contributed by atoms with van der Waals surface area (Å²) >= 11 is 0. The number of hydrogen-bond acceptors (Lipinski definition) is 6. The Morgan fingerprint density at radius 2 is 1.82 bits per heavy atom. The van der Waals surface area contributed by atoms with Crippen molar-refractivity contribution in [3.05, 3.63) is 70.4 Å². The van der Waals surface area contributed by atoms with E-state index in [-0.39, 0.29) is 22.9 Å². The highest BCUT2D eigenvalue weighted by atomic mass is 16.5. The summed E-state index contributed by atoms with van der Waals surface area (Å²) in [5.41, 5.74) is 10.4. The third kappa shape index (κ3) is 3.71. The molecule has 3 N–H and O–H groups in total. The van der Waals surface area contributed by atoms with Crippen LogP contribution in [-0.2, 0) is 14.3 Å². The second-order valence-electron chi connectivity index (χ2n) is 8.10. The Labute approximate surface area is 195 Å². The molecular weight excluding hydrogens is 436 g/mol. The third-order valence-electron chi connectivity index (χ3n) is 6.08. The molecule has 0 aliphatic carbocycles. The zero-order valence-electron chi connectivity index (χ0n) is 19.2. The molecule has 1 aliphatic rings. The molecule has 1 atom stereocenters. The first-order chi connectivity index (χ1) is 16.1. The van der Waals surface area contributed by atoms with Gasteiger partial charge in [0.15, 0.2) is 5.84 Å². The van der Waals surface area contributed by atoms with E-state index in [9.17, 15) is 14.4 Å². The highest BCUT2D eigenvalue weighted by Crippen LogP contribution is 2.33. The molecule has 3 aromatic rings. The first-order valence-electron chi connectivity index (χ1n) is 10.6. The van der Waals surface area contributed by atoms with Crippen molar-refractivity contribution in [1.82, 2.24) is 4.57 Å². The predicted molar refractivity (Wildman–Crippen MR) is 129 cm³/mol. The fraction of sp³-hybridized carbons (Fsp3) is 0.200. The average Bonchev–Trinajstić information content (AvgIpc) is 3.33. The van der Waals surface area contributed by atoms with Gasteiger partial charge in [0.2, 0.25) is 0 Å². The van der Waals surface area contributed by atoms with Gasteiger partial charge in [-0.05, 0) is 68.3 Å². The number of carbonyl (C=O) groups is 3. The quantitative estimate of drug-likeness (QED) is 0.444. The Hall–Kier alpha value is -4.40. The first-order valence-corrected chi connectivity index (χ1v) is 10.6. The van der Waals surface area contributed by atoms with Gasteiger partial charge in [-0.2, -0.15) is 5.01 Å². The van der Waals surface area contributed by atoms with Gasteiger partial charge in [-0.25, -0.2) is 9.59 Å². The van der Waals surface area contributed by atoms with E-state index in [0.717, 1.165) is 32.6 Å². The number of carbonyl (C=O) groups excluding carboxylic acids is 2. The molecule has 1 amide bonds. The summed E-state index contributed by atoms with van der Waals surface area (Å²) in [6.45, 7) is 5.72. The number of aromatic carboxylic acids is 1. The van der Waals surface area contributed by atoms with E-state index in [1.165, 1.54) is 31.4 Å². The minimum absolute atomic E-state index is 0.0412. The average molecular weight is 460 g/mol. The van der Waals surface area contributed by atoms with Crippen LogP contribution >= 0.6 is 0 Å². The Morgan fingerprint density at radius 1 is 1.15 bits per heavy atom. The van der Waals surface area contributed by atoms with E-state index in [2.05, 4.69) is 5.10 Å². The van der Waals surface area contributed by atoms with Crippen LogP contribution in [-0.4, -0.2) is 40.5 Å². The van der Waals surface area contributed by atoms with Gasteiger partial charge in [0.1, 0.15) is 6.04 Å². The number of hydrogen-bond donors (Lipinski definition) is 2. The Balaban J connectivity index is 1.80. The van der Waals surface area contributed by atoms with Crippen LogP contribution < -0.4 is 10.7 Å². The van der Waals surface area contributed by atoms with E-state index >= 15 is 0 Å². The number of amidine groups is 1. The summed E-state index contributed by atoms with van der Waals surface area (Å²) in [7, 11) is 1.34. The zero-order chi connectivity index (χ0) is 24.7. The lowest BCUT2D eigenvalue weighted by Crippen LogP contribution is -2.22. The standard InChI is InChI=1S/C25H24N4O5/c1-13-5-10-20-21(14(13)2)17(12-28(20)15(3)25(33)34-4)11-19-22(26)27-29(23(19)30)18-8-6-16(7-9-18)24(31)32/h5-12,15H,1-4H3,(H2,26,27)(H,31,32)/b19-11-. The molecule has 1 aromatic heterocycles. The molecule has 0 spiro atoms. The number of rotatable bonds is 5. The maximum absolute atomic E-state index is 13.2. The lowest BCUT2D eigenvalue weighted by molar-refractivity contribution is -0.143. The number of aryl methyl sites for hydroxylation is 2. The molecule has 0 saturated heterocycles. The van der Waals surface area contributed by atoms with E-state index in [1.54, 1.807) is 19.2 Å². The van der Waals surface area contributed by atoms with Crippen LogP contribution in [0, 0.1) is 13.8 Å². The number of esters is 1. The molecule has 0 radical (unpaired) electrons. The Morgan fingerprint density at radius 3 is 2.44 bits per heavy atom. The second-order valence-corrected chi connectivity index (χ2v) is 8.10. The van der Waals surface area contributed by atoms with Crippen LogP contribution in [0.1, 0.15) is 40.0 Å². The fourth-order valence-corrected chi connectivity index (χ4v) is 4.02. The Bertz CT molecular complexity index is 1400. The van der Waals surface area contributed by atoms with Crippen molar-refractivity contribution in [3.63, 3.8) is 0 Å². The summed E-state index contributed by atoms with van der Waals surface area (Å²) in [5, 5.41) is 15.3. The van der Waals surface area contributed by atoms with Crippen molar-refractivity contribution >= 4 is 46.3 Å². The van der Waals surface area contributed by atoms with Gasteiger partial charge in [-0.15, -0.1) is 5.10 Å². The first kappa shape index (κ1) is 22.8. The summed E-state index contributed by atoms with van der Waals surface area (Å²) in [4.78, 5) is 36.5. The van der Waals surface area contributed by atoms with Crippen molar-refractivity contribution < 1.29 is 24.2 Å². The third-order valence-corrected chi connectivity index (χ3v) is 6.08. The van der Waals surface area contributed by atoms with Gasteiger partial charge in [-0.3, -0.25) is 4.79 Å². The van der Waals surface area contributed by atoms with Crippen LogP contribution in [0.4, 0.5) is 5.69 Å². The molecule has 2 aromatic carbocycles. The SMILES string of the molecule is COC(=O)C(C)n1cc(/C=C2\C(=O)N(c3ccc(C(=O)O)cc3)N=C2N)c2c(C)c(C)ccc21. The largest absolute Gasteiger partial charge is 0.478 e. The molecule has 9 nitrogen and oxygen atoms in total. The number of ether oxygens (including phenoxy) is 1. The number of benzene rings is 2. The van der Waals surface area contributed by atoms with Crippen LogP contribution in [0.3, 0.4) is 0 Å². The number of amides is 1. The molecular formula is C25H24N4O5. The molecule has 1 unspecified atom stereocenters. The number of carboxylic acid groups (broad SMARTS) is 1. The number of fused-ring (bicyclic) bond motifs is 1. The van der Waals surface area contributed by atoms with Gasteiger partial charge >= 0.3 is 11.9 Å². The van der Waals surface area contributed by atoms with E-state index in [4.69, 9.17) is 15.6 Å². The smallest absolute Gasteiger partial charge is 0.335 e. The molecule has 2 heterocycles. The van der Waals surface area contributed by atoms with Gasteiger partial charge in [0, 0.05) is 22.7 Å². The molecule has 0 bridgehead atoms. The van der Waals surface area contributed by atoms with Crippen LogP contribution in [0.5, 0.6) is 0 Å². The van der Waals surface area contributed by atoms with Crippen molar-refractivity contribution in [3.8, 4) is 0 Å². The van der Waals surface area contributed by atoms with Gasteiger partial charge < -0.3 is 20.1 Å². The highest BCUT2D eigenvalue weighted by Gasteiger charge is 2.30. The summed E-state index contributed by atoms with van der Waals surface area (Å²) in [5.74, 6) is -1.85. The van der Waals surface area contributed by atoms with Crippen LogP contribution in [0.25, 0.3) is 17.0 Å². The highest BCUT2D eigenvalue weighted by molar-refractivity contribution is 6.32. The minimum Gasteiger partial charge on any atom is -0.478 e. The summed E-state index contributed by atoms with van der Waals surface area (Å²) in [6.07, 6.45) is 3.47. The van der Waals surface area contributed by atoms with Gasteiger partial charge in [-0.1, -0.05) is 6.07 Å². The summed E-state index contributed by atoms with van der Waals surface area (Å²) < 4.78 is 6.74. The minimum atomic E-state index is -1.06. The van der Waals surface area contributed by atoms with Crippen molar-refractivity contribution in [2.75, 3.05) is 12.1 Å². The lowest BCUT2D eigenvalue weighted by Gasteiger charge is -2.13. The van der Waals surface area contributed by atoms with E-state index < -0.39 is 17.9 Å². The monoisotopic (exact) mass is 460 g/mol. The molecule has 4 rings (SSSR count). The number of carboxylic acids is 1. The van der Waals surface area contributed by atoms with Crippen molar-refractivity contribution in [2.45, 2.75) is 26.8 Å². The van der Waals surface area contributed by atoms with Crippen LogP contribution in [0.15, 0.2) is 53.3 Å². The number of hydrazone groups is 1. The number of methoxy groups -OCH3 is 1. The van der Waals surface area contributed by atoms with Gasteiger partial charge in [0.05, 0.1) is 23.9 Å².